The predicted octanol–water partition coefficient (Wildman–Crippen LogP) is 1.39. The maximum atomic E-state index is 12.4. The summed E-state index contributed by atoms with van der Waals surface area (Å²) in [6.07, 6.45) is 5.01. The zero-order chi connectivity index (χ0) is 13.6. The summed E-state index contributed by atoms with van der Waals surface area (Å²) in [4.78, 5) is 0. The zero-order valence-electron chi connectivity index (χ0n) is 11.7. The summed E-state index contributed by atoms with van der Waals surface area (Å²) in [6, 6.07) is 0.126. The lowest BCUT2D eigenvalue weighted by atomic mass is 10.0. The molecule has 1 rings (SSSR count). The van der Waals surface area contributed by atoms with Crippen LogP contribution in [0, 0.1) is 5.92 Å². The van der Waals surface area contributed by atoms with Crippen molar-refractivity contribution < 1.29 is 8.42 Å². The molecule has 2 atom stereocenters. The standard InChI is InChI=1S/C12H26N2O2S2/c1-4-12(9-17-3)14(2)18(15,16)10-11-6-5-7-13-8-11/h11-13H,4-10H2,1-3H3. The molecule has 0 amide bonds. The zero-order valence-corrected chi connectivity index (χ0v) is 13.3. The van der Waals surface area contributed by atoms with E-state index >= 15 is 0 Å². The molecule has 108 valence electrons. The normalized spacial score (nSPS) is 23.2. The molecule has 4 nitrogen and oxygen atoms in total. The van der Waals surface area contributed by atoms with Gasteiger partial charge in [-0.05, 0) is 44.5 Å². The third kappa shape index (κ3) is 4.72. The fourth-order valence-corrected chi connectivity index (χ4v) is 5.11. The van der Waals surface area contributed by atoms with Gasteiger partial charge in [0.2, 0.25) is 10.0 Å². The van der Waals surface area contributed by atoms with E-state index in [0.717, 1.165) is 38.1 Å². The Morgan fingerprint density at radius 1 is 1.50 bits per heavy atom. The van der Waals surface area contributed by atoms with Crippen molar-refractivity contribution in [2.45, 2.75) is 32.2 Å². The van der Waals surface area contributed by atoms with Gasteiger partial charge >= 0.3 is 0 Å². The summed E-state index contributed by atoms with van der Waals surface area (Å²) in [5.74, 6) is 1.44. The number of hydrogen-bond donors (Lipinski definition) is 1. The van der Waals surface area contributed by atoms with Crippen LogP contribution in [0.25, 0.3) is 0 Å². The van der Waals surface area contributed by atoms with Crippen LogP contribution in [0.2, 0.25) is 0 Å². The highest BCUT2D eigenvalue weighted by molar-refractivity contribution is 7.98. The van der Waals surface area contributed by atoms with Crippen LogP contribution in [0.4, 0.5) is 0 Å². The van der Waals surface area contributed by atoms with Crippen LogP contribution >= 0.6 is 11.8 Å². The first-order valence-corrected chi connectivity index (χ1v) is 9.67. The Balaban J connectivity index is 2.60. The molecule has 0 aromatic heterocycles. The van der Waals surface area contributed by atoms with E-state index in [-0.39, 0.29) is 12.0 Å². The second-order valence-corrected chi connectivity index (χ2v) is 8.01. The molecule has 0 bridgehead atoms. The molecule has 2 unspecified atom stereocenters. The van der Waals surface area contributed by atoms with Gasteiger partial charge in [-0.15, -0.1) is 0 Å². The molecule has 18 heavy (non-hydrogen) atoms. The highest BCUT2D eigenvalue weighted by Crippen LogP contribution is 2.18. The van der Waals surface area contributed by atoms with Crippen LogP contribution in [0.1, 0.15) is 26.2 Å². The average molecular weight is 294 g/mol. The van der Waals surface area contributed by atoms with Gasteiger partial charge in [-0.1, -0.05) is 6.92 Å². The first-order valence-electron chi connectivity index (χ1n) is 6.66. The van der Waals surface area contributed by atoms with Crippen LogP contribution in [-0.2, 0) is 10.0 Å². The molecule has 1 N–H and O–H groups in total. The van der Waals surface area contributed by atoms with E-state index in [4.69, 9.17) is 0 Å². The van der Waals surface area contributed by atoms with Gasteiger partial charge in [0.1, 0.15) is 0 Å². The number of nitrogens with zero attached hydrogens (tertiary/aromatic N) is 1. The Bertz CT molecular complexity index is 327. The SMILES string of the molecule is CCC(CSC)N(C)S(=O)(=O)CC1CCCNC1. The number of nitrogens with one attached hydrogen (secondary N) is 1. The summed E-state index contributed by atoms with van der Waals surface area (Å²) >= 11 is 1.71. The minimum absolute atomic E-state index is 0.126. The van der Waals surface area contributed by atoms with Crippen LogP contribution in [-0.4, -0.2) is 56.7 Å². The van der Waals surface area contributed by atoms with Crippen molar-refractivity contribution in [2.75, 3.05) is 37.9 Å². The second kappa shape index (κ2) is 7.72. The van der Waals surface area contributed by atoms with Crippen LogP contribution in [0.15, 0.2) is 0 Å². The molecule has 1 aliphatic heterocycles. The predicted molar refractivity (Wildman–Crippen MR) is 79.6 cm³/mol. The Labute approximate surface area is 116 Å². The average Bonchev–Trinajstić information content (AvgIpc) is 2.36. The summed E-state index contributed by atoms with van der Waals surface area (Å²) in [6.45, 7) is 3.91. The number of hydrogen-bond acceptors (Lipinski definition) is 4. The largest absolute Gasteiger partial charge is 0.316 e. The van der Waals surface area contributed by atoms with E-state index in [2.05, 4.69) is 12.2 Å². The van der Waals surface area contributed by atoms with Crippen molar-refractivity contribution in [3.63, 3.8) is 0 Å². The van der Waals surface area contributed by atoms with Crippen LogP contribution in [0.3, 0.4) is 0 Å². The van der Waals surface area contributed by atoms with Gasteiger partial charge in [0.25, 0.3) is 0 Å². The molecule has 1 saturated heterocycles. The monoisotopic (exact) mass is 294 g/mol. The first kappa shape index (κ1) is 16.3. The third-order valence-corrected chi connectivity index (χ3v) is 6.41. The van der Waals surface area contributed by atoms with Crippen molar-refractivity contribution in [1.29, 1.82) is 0 Å². The van der Waals surface area contributed by atoms with E-state index in [0.29, 0.717) is 5.75 Å². The lowest BCUT2D eigenvalue weighted by Gasteiger charge is -2.29. The van der Waals surface area contributed by atoms with E-state index in [1.807, 2.05) is 6.26 Å². The molecule has 0 aliphatic carbocycles. The number of piperidine rings is 1. The quantitative estimate of drug-likeness (QED) is 0.771. The van der Waals surface area contributed by atoms with Gasteiger partial charge in [0, 0.05) is 18.8 Å². The van der Waals surface area contributed by atoms with Crippen molar-refractivity contribution >= 4 is 21.8 Å². The molecule has 1 heterocycles. The van der Waals surface area contributed by atoms with E-state index in [9.17, 15) is 8.42 Å². The van der Waals surface area contributed by atoms with Crippen molar-refractivity contribution in [2.24, 2.45) is 5.92 Å². The summed E-state index contributed by atoms with van der Waals surface area (Å²) in [5, 5.41) is 3.28. The lowest BCUT2D eigenvalue weighted by Crippen LogP contribution is -2.43. The molecule has 0 aromatic rings. The van der Waals surface area contributed by atoms with Gasteiger partial charge in [0.15, 0.2) is 0 Å². The maximum absolute atomic E-state index is 12.4. The van der Waals surface area contributed by atoms with Crippen molar-refractivity contribution in [1.82, 2.24) is 9.62 Å². The molecule has 0 aromatic carbocycles. The molecule has 0 saturated carbocycles. The summed E-state index contributed by atoms with van der Waals surface area (Å²) in [7, 11) is -1.38. The van der Waals surface area contributed by atoms with Gasteiger partial charge in [-0.25, -0.2) is 12.7 Å². The number of thioether (sulfide) groups is 1. The molecular formula is C12H26N2O2S2. The highest BCUT2D eigenvalue weighted by Gasteiger charge is 2.28. The molecular weight excluding hydrogens is 268 g/mol. The first-order chi connectivity index (χ1) is 8.51. The topological polar surface area (TPSA) is 49.4 Å². The molecule has 0 spiro atoms. The van der Waals surface area contributed by atoms with Gasteiger partial charge in [-0.3, -0.25) is 0 Å². The van der Waals surface area contributed by atoms with E-state index in [1.54, 1.807) is 23.1 Å². The fourth-order valence-electron chi connectivity index (χ4n) is 2.38. The van der Waals surface area contributed by atoms with Crippen molar-refractivity contribution in [3.05, 3.63) is 0 Å². The summed E-state index contributed by atoms with van der Waals surface area (Å²) < 4.78 is 26.3. The van der Waals surface area contributed by atoms with Crippen LogP contribution in [0.5, 0.6) is 0 Å². The van der Waals surface area contributed by atoms with Gasteiger partial charge in [-0.2, -0.15) is 11.8 Å². The number of sulfonamides is 1. The van der Waals surface area contributed by atoms with E-state index < -0.39 is 10.0 Å². The Morgan fingerprint density at radius 3 is 2.72 bits per heavy atom. The lowest BCUT2D eigenvalue weighted by molar-refractivity contribution is 0.364. The minimum Gasteiger partial charge on any atom is -0.316 e. The summed E-state index contributed by atoms with van der Waals surface area (Å²) in [5.41, 5.74) is 0. The van der Waals surface area contributed by atoms with Crippen LogP contribution < -0.4 is 5.32 Å². The Kier molecular flexibility index (Phi) is 6.98. The molecule has 1 fully saturated rings. The molecule has 6 heteroatoms. The molecule has 0 radical (unpaired) electrons. The molecule has 1 aliphatic rings. The van der Waals surface area contributed by atoms with Crippen molar-refractivity contribution in [3.8, 4) is 0 Å². The third-order valence-electron chi connectivity index (χ3n) is 3.63. The highest BCUT2D eigenvalue weighted by atomic mass is 32.2. The Hall–Kier alpha value is 0.220. The maximum Gasteiger partial charge on any atom is 0.214 e. The Morgan fingerprint density at radius 2 is 2.22 bits per heavy atom. The van der Waals surface area contributed by atoms with E-state index in [1.165, 1.54) is 0 Å². The van der Waals surface area contributed by atoms with Gasteiger partial charge in [0.05, 0.1) is 5.75 Å². The number of rotatable bonds is 7. The smallest absolute Gasteiger partial charge is 0.214 e. The van der Waals surface area contributed by atoms with Gasteiger partial charge < -0.3 is 5.32 Å². The minimum atomic E-state index is -3.11. The fraction of sp³-hybridized carbons (Fsp3) is 1.00. The second-order valence-electron chi connectivity index (χ2n) is 5.02.